The predicted molar refractivity (Wildman–Crippen MR) is 125 cm³/mol. The Balaban J connectivity index is 1.35. The van der Waals surface area contributed by atoms with E-state index in [2.05, 4.69) is 31.2 Å². The number of hydrogen-bond donors (Lipinski definition) is 2. The molecule has 7 nitrogen and oxygen atoms in total. The summed E-state index contributed by atoms with van der Waals surface area (Å²) in [4.78, 5) is 15.7. The highest BCUT2D eigenvalue weighted by Crippen LogP contribution is 2.31. The van der Waals surface area contributed by atoms with E-state index >= 15 is 0 Å². The number of fused-ring (bicyclic) bond motifs is 2. The lowest BCUT2D eigenvalue weighted by Crippen LogP contribution is -2.33. The van der Waals surface area contributed by atoms with Crippen LogP contribution in [0.15, 0.2) is 55.0 Å². The van der Waals surface area contributed by atoms with E-state index in [4.69, 9.17) is 10.5 Å². The second-order valence-electron chi connectivity index (χ2n) is 7.92. The van der Waals surface area contributed by atoms with Gasteiger partial charge >= 0.3 is 0 Å². The van der Waals surface area contributed by atoms with Crippen LogP contribution in [0.4, 0.5) is 17.2 Å². The fraction of sp³-hybridized carbons (Fsp3) is 0.292. The normalized spacial score (nSPS) is 14.7. The van der Waals surface area contributed by atoms with Crippen LogP contribution in [0, 0.1) is 0 Å². The summed E-state index contributed by atoms with van der Waals surface area (Å²) in [5, 5.41) is 5.31. The number of rotatable bonds is 6. The number of piperidine rings is 1. The van der Waals surface area contributed by atoms with Gasteiger partial charge in [0.25, 0.3) is 0 Å². The molecule has 1 aliphatic heterocycles. The number of nitrogens with one attached hydrogen (secondary N) is 1. The summed E-state index contributed by atoms with van der Waals surface area (Å²) in [5.74, 6) is 1.38. The molecule has 0 saturated carbocycles. The number of ether oxygens (including phenoxy) is 1. The average Bonchev–Trinajstić information content (AvgIpc) is 2.80. The molecule has 3 N–H and O–H groups in total. The molecule has 0 atom stereocenters. The van der Waals surface area contributed by atoms with Crippen molar-refractivity contribution in [1.29, 1.82) is 0 Å². The maximum atomic E-state index is 6.31. The zero-order valence-corrected chi connectivity index (χ0v) is 17.4. The van der Waals surface area contributed by atoms with Crippen molar-refractivity contribution < 1.29 is 4.74 Å². The molecule has 158 valence electrons. The predicted octanol–water partition coefficient (Wildman–Crippen LogP) is 4.37. The van der Waals surface area contributed by atoms with Crippen molar-refractivity contribution in [3.63, 3.8) is 0 Å². The van der Waals surface area contributed by atoms with Crippen LogP contribution in [0.2, 0.25) is 0 Å². The van der Waals surface area contributed by atoms with E-state index in [0.29, 0.717) is 23.9 Å². The summed E-state index contributed by atoms with van der Waals surface area (Å²) in [6.07, 6.45) is 7.24. The lowest BCUT2D eigenvalue weighted by Gasteiger charge is -2.26. The molecular weight excluding hydrogens is 388 g/mol. The van der Waals surface area contributed by atoms with Crippen molar-refractivity contribution in [3.05, 3.63) is 55.0 Å². The molecule has 1 aliphatic rings. The molecule has 4 aromatic rings. The molecule has 0 bridgehead atoms. The first-order chi connectivity index (χ1) is 15.3. The third-order valence-electron chi connectivity index (χ3n) is 5.75. The van der Waals surface area contributed by atoms with Crippen LogP contribution < -0.4 is 15.8 Å². The second-order valence-corrected chi connectivity index (χ2v) is 7.92. The smallest absolute Gasteiger partial charge is 0.144 e. The zero-order chi connectivity index (χ0) is 21.0. The molecule has 31 heavy (non-hydrogen) atoms. The van der Waals surface area contributed by atoms with Crippen molar-refractivity contribution in [2.45, 2.75) is 19.3 Å². The van der Waals surface area contributed by atoms with Crippen LogP contribution >= 0.6 is 0 Å². The Hall–Kier alpha value is -3.45. The van der Waals surface area contributed by atoms with Crippen LogP contribution in [0.25, 0.3) is 21.8 Å². The summed E-state index contributed by atoms with van der Waals surface area (Å²) in [7, 11) is 0. The number of aromatic nitrogens is 3. The Morgan fingerprint density at radius 2 is 1.87 bits per heavy atom. The van der Waals surface area contributed by atoms with E-state index < -0.39 is 0 Å². The second kappa shape index (κ2) is 8.73. The van der Waals surface area contributed by atoms with Crippen LogP contribution in [0.5, 0.6) is 5.75 Å². The minimum absolute atomic E-state index is 0.590. The Bertz CT molecular complexity index is 1210. The maximum absolute atomic E-state index is 6.31. The van der Waals surface area contributed by atoms with Gasteiger partial charge in [-0.1, -0.05) is 12.5 Å². The zero-order valence-electron chi connectivity index (χ0n) is 17.4. The number of pyridine rings is 1. The Morgan fingerprint density at radius 1 is 0.968 bits per heavy atom. The van der Waals surface area contributed by atoms with E-state index in [1.807, 2.05) is 36.4 Å². The number of hydrogen-bond acceptors (Lipinski definition) is 7. The fourth-order valence-electron chi connectivity index (χ4n) is 4.08. The lowest BCUT2D eigenvalue weighted by atomic mass is 10.1. The van der Waals surface area contributed by atoms with Crippen molar-refractivity contribution in [2.75, 3.05) is 37.3 Å². The van der Waals surface area contributed by atoms with E-state index in [-0.39, 0.29) is 0 Å². The lowest BCUT2D eigenvalue weighted by molar-refractivity contribution is 0.184. The number of anilines is 3. The van der Waals surface area contributed by atoms with E-state index in [0.717, 1.165) is 47.1 Å². The molecule has 0 spiro atoms. The van der Waals surface area contributed by atoms with E-state index in [1.165, 1.54) is 19.3 Å². The largest absolute Gasteiger partial charge is 0.490 e. The Kier molecular flexibility index (Phi) is 5.50. The number of nitrogens with two attached hydrogens (primary N) is 1. The molecule has 1 saturated heterocycles. The third kappa shape index (κ3) is 4.36. The minimum atomic E-state index is 0.590. The van der Waals surface area contributed by atoms with Crippen molar-refractivity contribution in [1.82, 2.24) is 19.9 Å². The van der Waals surface area contributed by atoms with Gasteiger partial charge in [-0.15, -0.1) is 0 Å². The van der Waals surface area contributed by atoms with Gasteiger partial charge in [-0.05, 0) is 56.3 Å². The molecule has 1 fully saturated rings. The summed E-state index contributed by atoms with van der Waals surface area (Å²) in [5.41, 5.74) is 9.58. The van der Waals surface area contributed by atoms with Gasteiger partial charge in [-0.25, -0.2) is 9.97 Å². The molecule has 2 aromatic heterocycles. The average molecular weight is 415 g/mol. The Labute approximate surface area is 181 Å². The fourth-order valence-corrected chi connectivity index (χ4v) is 4.08. The molecule has 0 aliphatic carbocycles. The topological polar surface area (TPSA) is 89.2 Å². The molecule has 2 aromatic carbocycles. The van der Waals surface area contributed by atoms with Gasteiger partial charge in [-0.3, -0.25) is 9.88 Å². The van der Waals surface area contributed by atoms with E-state index in [9.17, 15) is 0 Å². The SMILES string of the molecule is Nc1cc2c(Nc3ccc4ncccc4c3)ncnc2cc1OCCN1CCCCC1. The third-order valence-corrected chi connectivity index (χ3v) is 5.75. The molecule has 5 rings (SSSR count). The molecule has 0 unspecified atom stereocenters. The molecule has 0 amide bonds. The first-order valence-electron chi connectivity index (χ1n) is 10.8. The number of likely N-dealkylation sites (tertiary alicyclic amines) is 1. The van der Waals surface area contributed by atoms with Gasteiger partial charge in [0, 0.05) is 35.3 Å². The van der Waals surface area contributed by atoms with E-state index in [1.54, 1.807) is 12.5 Å². The molecule has 3 heterocycles. The van der Waals surface area contributed by atoms with Gasteiger partial charge in [0.1, 0.15) is 24.5 Å². The molecular formula is C24H26N6O. The van der Waals surface area contributed by atoms with Crippen molar-refractivity contribution in [3.8, 4) is 5.75 Å². The van der Waals surface area contributed by atoms with Gasteiger partial charge in [0.2, 0.25) is 0 Å². The van der Waals surface area contributed by atoms with Crippen LogP contribution in [0.1, 0.15) is 19.3 Å². The highest BCUT2D eigenvalue weighted by atomic mass is 16.5. The first kappa shape index (κ1) is 19.5. The van der Waals surface area contributed by atoms with Crippen molar-refractivity contribution >= 4 is 39.0 Å². The van der Waals surface area contributed by atoms with Gasteiger partial charge < -0.3 is 15.8 Å². The summed E-state index contributed by atoms with van der Waals surface area (Å²) >= 11 is 0. The maximum Gasteiger partial charge on any atom is 0.144 e. The van der Waals surface area contributed by atoms with Gasteiger partial charge in [0.05, 0.1) is 16.7 Å². The summed E-state index contributed by atoms with van der Waals surface area (Å²) in [6, 6.07) is 13.8. The van der Waals surface area contributed by atoms with Gasteiger partial charge in [0.15, 0.2) is 0 Å². The summed E-state index contributed by atoms with van der Waals surface area (Å²) < 4.78 is 6.00. The Morgan fingerprint density at radius 3 is 2.77 bits per heavy atom. The highest BCUT2D eigenvalue weighted by Gasteiger charge is 2.12. The van der Waals surface area contributed by atoms with Crippen molar-refractivity contribution in [2.24, 2.45) is 0 Å². The minimum Gasteiger partial charge on any atom is -0.490 e. The number of nitrogen functional groups attached to an aromatic ring is 1. The monoisotopic (exact) mass is 414 g/mol. The highest BCUT2D eigenvalue weighted by molar-refractivity contribution is 5.95. The summed E-state index contributed by atoms with van der Waals surface area (Å²) in [6.45, 7) is 3.86. The number of benzene rings is 2. The first-order valence-corrected chi connectivity index (χ1v) is 10.8. The van der Waals surface area contributed by atoms with Crippen LogP contribution in [-0.2, 0) is 0 Å². The quantitative estimate of drug-likeness (QED) is 0.453. The van der Waals surface area contributed by atoms with Gasteiger partial charge in [-0.2, -0.15) is 0 Å². The molecule has 0 radical (unpaired) electrons. The van der Waals surface area contributed by atoms with Crippen LogP contribution in [0.3, 0.4) is 0 Å². The van der Waals surface area contributed by atoms with Crippen LogP contribution in [-0.4, -0.2) is 46.1 Å². The standard InChI is InChI=1S/C24H26N6O/c25-20-14-19-22(15-23(20)31-12-11-30-9-2-1-3-10-30)27-16-28-24(19)29-18-6-7-21-17(13-18)5-4-8-26-21/h4-8,13-16H,1-3,9-12,25H2,(H,27,28,29). The molecule has 7 heteroatoms. The number of nitrogens with zero attached hydrogens (tertiary/aromatic N) is 4.